The van der Waals surface area contributed by atoms with Gasteiger partial charge in [-0.05, 0) is 44.0 Å². The second-order valence-electron chi connectivity index (χ2n) is 7.91. The number of nitrogens with zero attached hydrogens (tertiary/aromatic N) is 2. The minimum atomic E-state index is -5.08. The smallest absolute Gasteiger partial charge is 0.373 e. The highest BCUT2D eigenvalue weighted by Crippen LogP contribution is 2.32. The van der Waals surface area contributed by atoms with Gasteiger partial charge in [0, 0.05) is 41.8 Å². The fourth-order valence-electron chi connectivity index (χ4n) is 3.60. The second kappa shape index (κ2) is 8.58. The fourth-order valence-corrected chi connectivity index (χ4v) is 3.79. The second-order valence-corrected chi connectivity index (χ2v) is 8.35. The summed E-state index contributed by atoms with van der Waals surface area (Å²) in [5.74, 6) is -1.41. The molecule has 2 atom stereocenters. The summed E-state index contributed by atoms with van der Waals surface area (Å²) in [7, 11) is 1.53. The Labute approximate surface area is 182 Å². The van der Waals surface area contributed by atoms with E-state index in [2.05, 4.69) is 10.3 Å². The number of hydrogen-bond donors (Lipinski definition) is 3. The molecule has 170 valence electrons. The maximum absolute atomic E-state index is 13.0. The van der Waals surface area contributed by atoms with Crippen molar-refractivity contribution < 1.29 is 27.9 Å². The van der Waals surface area contributed by atoms with Crippen LogP contribution in [0.5, 0.6) is 0 Å². The zero-order valence-electron chi connectivity index (χ0n) is 17.1. The van der Waals surface area contributed by atoms with E-state index in [9.17, 15) is 27.9 Å². The molecule has 11 heteroatoms. The number of halogens is 4. The van der Waals surface area contributed by atoms with Gasteiger partial charge in [-0.2, -0.15) is 13.2 Å². The van der Waals surface area contributed by atoms with Crippen LogP contribution in [-0.2, 0) is 11.3 Å². The van der Waals surface area contributed by atoms with E-state index in [1.807, 2.05) is 12.1 Å². The van der Waals surface area contributed by atoms with Crippen molar-refractivity contribution in [1.82, 2.24) is 20.1 Å². The molecule has 1 aromatic carbocycles. The van der Waals surface area contributed by atoms with Gasteiger partial charge in [-0.15, -0.1) is 0 Å². The molecule has 3 amide bonds. The Bertz CT molecular complexity index is 976. The third-order valence-corrected chi connectivity index (χ3v) is 5.82. The summed E-state index contributed by atoms with van der Waals surface area (Å²) in [4.78, 5) is 30.3. The fraction of sp³-hybridized carbons (Fsp3) is 0.500. The number of rotatable bonds is 4. The summed E-state index contributed by atoms with van der Waals surface area (Å²) in [6.07, 6.45) is -4.12. The molecule has 0 spiro atoms. The number of fused-ring (bicyclic) bond motifs is 1. The molecule has 1 fully saturated rings. The highest BCUT2D eigenvalue weighted by Gasteiger charge is 2.57. The highest BCUT2D eigenvalue weighted by molar-refractivity contribution is 6.31. The van der Waals surface area contributed by atoms with Gasteiger partial charge in [0.2, 0.25) is 5.60 Å². The minimum Gasteiger partial charge on any atom is -0.373 e. The van der Waals surface area contributed by atoms with Crippen molar-refractivity contribution in [3.8, 4) is 0 Å². The number of aromatic nitrogens is 1. The van der Waals surface area contributed by atoms with Gasteiger partial charge >= 0.3 is 12.2 Å². The molecular weight excluding hydrogens is 437 g/mol. The van der Waals surface area contributed by atoms with E-state index in [0.717, 1.165) is 21.5 Å². The number of H-pyrrole nitrogens is 1. The van der Waals surface area contributed by atoms with Crippen molar-refractivity contribution in [2.24, 2.45) is 0 Å². The molecule has 1 aromatic heterocycles. The van der Waals surface area contributed by atoms with Gasteiger partial charge < -0.3 is 25.2 Å². The molecule has 0 radical (unpaired) electrons. The molecule has 3 rings (SSSR count). The number of carbonyl (C=O) groups excluding carboxylic acids is 2. The topological polar surface area (TPSA) is 88.7 Å². The normalized spacial score (nSPS) is 19.2. The van der Waals surface area contributed by atoms with E-state index in [4.69, 9.17) is 11.6 Å². The summed E-state index contributed by atoms with van der Waals surface area (Å²) in [5.41, 5.74) is -1.82. The molecule has 0 aliphatic carbocycles. The van der Waals surface area contributed by atoms with Crippen molar-refractivity contribution in [3.05, 3.63) is 35.0 Å². The van der Waals surface area contributed by atoms with E-state index >= 15 is 0 Å². The summed E-state index contributed by atoms with van der Waals surface area (Å²) in [5, 5.41) is 13.9. The molecule has 2 aromatic rings. The van der Waals surface area contributed by atoms with Crippen molar-refractivity contribution in [2.75, 3.05) is 20.1 Å². The number of urea groups is 1. The summed E-state index contributed by atoms with van der Waals surface area (Å²) in [6.45, 7) is 0.672. The molecule has 1 aliphatic heterocycles. The van der Waals surface area contributed by atoms with Gasteiger partial charge in [0.15, 0.2) is 0 Å². The van der Waals surface area contributed by atoms with Gasteiger partial charge in [0.05, 0.1) is 12.6 Å². The first-order valence-electron chi connectivity index (χ1n) is 9.76. The van der Waals surface area contributed by atoms with Crippen LogP contribution in [0.4, 0.5) is 18.0 Å². The van der Waals surface area contributed by atoms with Gasteiger partial charge in [-0.3, -0.25) is 4.79 Å². The third-order valence-electron chi connectivity index (χ3n) is 5.59. The number of aliphatic hydroxyl groups is 1. The molecule has 0 bridgehead atoms. The number of hydrogen-bond acceptors (Lipinski definition) is 3. The Morgan fingerprint density at radius 3 is 2.74 bits per heavy atom. The Kier molecular flexibility index (Phi) is 6.43. The number of alkyl halides is 3. The van der Waals surface area contributed by atoms with Crippen LogP contribution in [-0.4, -0.2) is 69.8 Å². The molecular formula is C20H24ClF3N4O3. The van der Waals surface area contributed by atoms with Gasteiger partial charge in [-0.1, -0.05) is 11.6 Å². The lowest BCUT2D eigenvalue weighted by molar-refractivity contribution is -0.250. The van der Waals surface area contributed by atoms with Crippen molar-refractivity contribution in [3.63, 3.8) is 0 Å². The van der Waals surface area contributed by atoms with Crippen LogP contribution in [0.1, 0.15) is 25.5 Å². The molecule has 1 aliphatic rings. The van der Waals surface area contributed by atoms with Gasteiger partial charge in [-0.25, -0.2) is 4.79 Å². The predicted molar refractivity (Wildman–Crippen MR) is 110 cm³/mol. The molecule has 2 heterocycles. The maximum Gasteiger partial charge on any atom is 0.426 e. The van der Waals surface area contributed by atoms with Crippen LogP contribution in [0.3, 0.4) is 0 Å². The van der Waals surface area contributed by atoms with Crippen LogP contribution in [0.15, 0.2) is 24.3 Å². The van der Waals surface area contributed by atoms with E-state index < -0.39 is 29.8 Å². The SMILES string of the molecule is CN(C(=O)NCc1cc2cc(Cl)ccc2[nH]1)[C@@H]1CCCN(C(=O)C(C)(O)C(F)(F)F)C1. The molecule has 0 saturated carbocycles. The zero-order chi connectivity index (χ0) is 23.0. The summed E-state index contributed by atoms with van der Waals surface area (Å²) in [6, 6.07) is 6.36. The number of amides is 3. The molecule has 1 unspecified atom stereocenters. The number of likely N-dealkylation sites (tertiary alicyclic amines) is 1. The zero-order valence-corrected chi connectivity index (χ0v) is 17.8. The largest absolute Gasteiger partial charge is 0.426 e. The number of aromatic amines is 1. The van der Waals surface area contributed by atoms with E-state index in [-0.39, 0.29) is 19.6 Å². The first-order valence-corrected chi connectivity index (χ1v) is 10.1. The Morgan fingerprint density at radius 2 is 2.06 bits per heavy atom. The van der Waals surface area contributed by atoms with E-state index in [0.29, 0.717) is 24.8 Å². The minimum absolute atomic E-state index is 0.0835. The van der Waals surface area contributed by atoms with Gasteiger partial charge in [0.1, 0.15) is 0 Å². The number of carbonyl (C=O) groups is 2. The third kappa shape index (κ3) is 4.90. The van der Waals surface area contributed by atoms with Crippen LogP contribution in [0, 0.1) is 0 Å². The monoisotopic (exact) mass is 460 g/mol. The van der Waals surface area contributed by atoms with Gasteiger partial charge in [0.25, 0.3) is 5.91 Å². The number of piperidine rings is 1. The molecule has 7 nitrogen and oxygen atoms in total. The molecule has 3 N–H and O–H groups in total. The lowest BCUT2D eigenvalue weighted by atomic mass is 9.99. The van der Waals surface area contributed by atoms with Crippen molar-refractivity contribution >= 4 is 34.4 Å². The Balaban J connectivity index is 1.60. The van der Waals surface area contributed by atoms with E-state index in [1.165, 1.54) is 11.9 Å². The first kappa shape index (κ1) is 23.2. The van der Waals surface area contributed by atoms with Crippen LogP contribution in [0.2, 0.25) is 5.02 Å². The average molecular weight is 461 g/mol. The maximum atomic E-state index is 13.0. The lowest BCUT2D eigenvalue weighted by Crippen LogP contribution is -2.60. The van der Waals surface area contributed by atoms with Crippen LogP contribution in [0.25, 0.3) is 10.9 Å². The quantitative estimate of drug-likeness (QED) is 0.654. The molecule has 31 heavy (non-hydrogen) atoms. The number of benzene rings is 1. The first-order chi connectivity index (χ1) is 14.4. The van der Waals surface area contributed by atoms with Crippen LogP contribution < -0.4 is 5.32 Å². The van der Waals surface area contributed by atoms with E-state index in [1.54, 1.807) is 12.1 Å². The summed E-state index contributed by atoms with van der Waals surface area (Å²) >= 11 is 5.97. The predicted octanol–water partition coefficient (Wildman–Crippen LogP) is 3.27. The highest BCUT2D eigenvalue weighted by atomic mass is 35.5. The average Bonchev–Trinajstić information content (AvgIpc) is 3.12. The molecule has 1 saturated heterocycles. The Hall–Kier alpha value is -2.46. The van der Waals surface area contributed by atoms with Crippen LogP contribution >= 0.6 is 11.6 Å². The van der Waals surface area contributed by atoms with Crippen molar-refractivity contribution in [2.45, 2.75) is 44.1 Å². The standard InChI is InChI=1S/C20H24ClF3N4O3/c1-19(31,20(22,23)24)17(29)28-7-3-4-15(11-28)27(2)18(30)25-10-14-9-12-8-13(21)5-6-16(12)26-14/h5-6,8-9,15,26,31H,3-4,7,10-11H2,1-2H3,(H,25,30)/t15-,19?/m1/s1. The van der Waals surface area contributed by atoms with Crippen molar-refractivity contribution in [1.29, 1.82) is 0 Å². The number of nitrogens with one attached hydrogen (secondary N) is 2. The Morgan fingerprint density at radius 1 is 1.35 bits per heavy atom. The number of likely N-dealkylation sites (N-methyl/N-ethyl adjacent to an activating group) is 1. The lowest BCUT2D eigenvalue weighted by Gasteiger charge is -2.40. The summed E-state index contributed by atoms with van der Waals surface area (Å²) < 4.78 is 39.0.